The summed E-state index contributed by atoms with van der Waals surface area (Å²) < 4.78 is 0.911. The Balaban J connectivity index is 1.89. The second kappa shape index (κ2) is 5.60. The number of hydrogen-bond donors (Lipinski definition) is 2. The van der Waals surface area contributed by atoms with Gasteiger partial charge in [0.1, 0.15) is 0 Å². The van der Waals surface area contributed by atoms with E-state index in [9.17, 15) is 5.11 Å². The van der Waals surface area contributed by atoms with Crippen molar-refractivity contribution in [2.24, 2.45) is 0 Å². The van der Waals surface area contributed by atoms with Crippen LogP contribution in [0.2, 0.25) is 0 Å². The van der Waals surface area contributed by atoms with E-state index in [0.29, 0.717) is 0 Å². The Morgan fingerprint density at radius 1 is 1.25 bits per heavy atom. The first-order chi connectivity index (χ1) is 9.63. The van der Waals surface area contributed by atoms with E-state index in [1.54, 1.807) is 18.7 Å². The van der Waals surface area contributed by atoms with Crippen LogP contribution in [0.15, 0.2) is 57.0 Å². The largest absolute Gasteiger partial charge is 0.389 e. The van der Waals surface area contributed by atoms with E-state index in [-0.39, 0.29) is 0 Å². The van der Waals surface area contributed by atoms with Gasteiger partial charge < -0.3 is 10.1 Å². The van der Waals surface area contributed by atoms with E-state index in [0.717, 1.165) is 31.1 Å². The standard InChI is InChI=1S/C15H13BrN2OS/c1-9(19)11-7-6-10(8-12(11)16)20-15-17-13-4-2-3-5-14(13)18-15/h2-9,19H,1H3,(H,17,18)/t9-/m1/s1. The van der Waals surface area contributed by atoms with Crippen LogP contribution in [0.1, 0.15) is 18.6 Å². The summed E-state index contributed by atoms with van der Waals surface area (Å²) in [5.41, 5.74) is 2.89. The molecule has 3 rings (SSSR count). The summed E-state index contributed by atoms with van der Waals surface area (Å²) in [7, 11) is 0. The number of imidazole rings is 1. The molecule has 0 unspecified atom stereocenters. The van der Waals surface area contributed by atoms with Crippen molar-refractivity contribution in [2.45, 2.75) is 23.1 Å². The molecule has 0 radical (unpaired) electrons. The van der Waals surface area contributed by atoms with E-state index in [2.05, 4.69) is 25.9 Å². The van der Waals surface area contributed by atoms with E-state index < -0.39 is 6.10 Å². The first kappa shape index (κ1) is 13.7. The molecule has 2 N–H and O–H groups in total. The summed E-state index contributed by atoms with van der Waals surface area (Å²) in [6.07, 6.45) is -0.477. The molecule has 102 valence electrons. The second-order valence-electron chi connectivity index (χ2n) is 4.52. The smallest absolute Gasteiger partial charge is 0.171 e. The molecule has 0 saturated carbocycles. The van der Waals surface area contributed by atoms with Gasteiger partial charge in [-0.1, -0.05) is 45.9 Å². The zero-order valence-corrected chi connectivity index (χ0v) is 13.2. The van der Waals surface area contributed by atoms with Crippen molar-refractivity contribution in [3.05, 3.63) is 52.5 Å². The van der Waals surface area contributed by atoms with Crippen LogP contribution in [0.4, 0.5) is 0 Å². The summed E-state index contributed by atoms with van der Waals surface area (Å²) in [6, 6.07) is 13.9. The molecule has 0 aliphatic heterocycles. The third-order valence-electron chi connectivity index (χ3n) is 3.00. The van der Waals surface area contributed by atoms with Gasteiger partial charge in [-0.05, 0) is 36.8 Å². The van der Waals surface area contributed by atoms with Crippen molar-refractivity contribution in [1.82, 2.24) is 9.97 Å². The maximum absolute atomic E-state index is 9.63. The zero-order valence-electron chi connectivity index (χ0n) is 10.8. The first-order valence-electron chi connectivity index (χ1n) is 6.23. The molecule has 5 heteroatoms. The van der Waals surface area contributed by atoms with Crippen LogP contribution in [-0.2, 0) is 0 Å². The topological polar surface area (TPSA) is 48.9 Å². The van der Waals surface area contributed by atoms with Gasteiger partial charge >= 0.3 is 0 Å². The van der Waals surface area contributed by atoms with Crippen molar-refractivity contribution in [3.63, 3.8) is 0 Å². The van der Waals surface area contributed by atoms with Crippen LogP contribution < -0.4 is 0 Å². The SMILES string of the molecule is C[C@@H](O)c1ccc(Sc2nc3ccccc3[nH]2)cc1Br. The summed E-state index contributed by atoms with van der Waals surface area (Å²) in [5.74, 6) is 0. The number of benzene rings is 2. The lowest BCUT2D eigenvalue weighted by Crippen LogP contribution is -1.92. The lowest BCUT2D eigenvalue weighted by Gasteiger charge is -2.08. The summed E-state index contributed by atoms with van der Waals surface area (Å²) in [4.78, 5) is 8.90. The average Bonchev–Trinajstić information content (AvgIpc) is 2.80. The number of aromatic nitrogens is 2. The average molecular weight is 349 g/mol. The Hall–Kier alpha value is -1.30. The predicted octanol–water partition coefficient (Wildman–Crippen LogP) is 4.53. The molecule has 0 bridgehead atoms. The molecule has 1 atom stereocenters. The number of nitrogens with zero attached hydrogens (tertiary/aromatic N) is 1. The van der Waals surface area contributed by atoms with E-state index in [1.165, 1.54) is 0 Å². The van der Waals surface area contributed by atoms with Crippen molar-refractivity contribution < 1.29 is 5.11 Å². The molecule has 3 nitrogen and oxygen atoms in total. The fourth-order valence-corrected chi connectivity index (χ4v) is 3.70. The Morgan fingerprint density at radius 3 is 2.75 bits per heavy atom. The molecular weight excluding hydrogens is 336 g/mol. The number of para-hydroxylation sites is 2. The van der Waals surface area contributed by atoms with Gasteiger partial charge in [0.05, 0.1) is 17.1 Å². The van der Waals surface area contributed by atoms with Gasteiger partial charge in [0.2, 0.25) is 0 Å². The van der Waals surface area contributed by atoms with Crippen LogP contribution in [-0.4, -0.2) is 15.1 Å². The maximum atomic E-state index is 9.63. The molecule has 0 aliphatic carbocycles. The molecule has 0 fully saturated rings. The highest BCUT2D eigenvalue weighted by atomic mass is 79.9. The lowest BCUT2D eigenvalue weighted by atomic mass is 10.1. The van der Waals surface area contributed by atoms with Gasteiger partial charge in [-0.25, -0.2) is 4.98 Å². The molecule has 1 aromatic heterocycles. The van der Waals surface area contributed by atoms with Gasteiger partial charge in [-0.3, -0.25) is 0 Å². The zero-order chi connectivity index (χ0) is 14.1. The minimum atomic E-state index is -0.477. The van der Waals surface area contributed by atoms with E-state index >= 15 is 0 Å². The molecule has 0 amide bonds. The molecule has 0 spiro atoms. The van der Waals surface area contributed by atoms with Crippen LogP contribution in [0.5, 0.6) is 0 Å². The number of rotatable bonds is 3. The number of halogens is 1. The Bertz CT molecular complexity index is 721. The molecular formula is C15H13BrN2OS. The van der Waals surface area contributed by atoms with Crippen LogP contribution in [0.3, 0.4) is 0 Å². The van der Waals surface area contributed by atoms with Crippen LogP contribution >= 0.6 is 27.7 Å². The molecule has 3 aromatic rings. The lowest BCUT2D eigenvalue weighted by molar-refractivity contribution is 0.198. The van der Waals surface area contributed by atoms with Gasteiger partial charge in [-0.2, -0.15) is 0 Å². The Labute approximate surface area is 129 Å². The van der Waals surface area contributed by atoms with Gasteiger partial charge in [-0.15, -0.1) is 0 Å². The van der Waals surface area contributed by atoms with Crippen molar-refractivity contribution in [1.29, 1.82) is 0 Å². The normalized spacial score (nSPS) is 12.8. The monoisotopic (exact) mass is 348 g/mol. The predicted molar refractivity (Wildman–Crippen MR) is 85.0 cm³/mol. The Kier molecular flexibility index (Phi) is 3.83. The number of hydrogen-bond acceptors (Lipinski definition) is 3. The third kappa shape index (κ3) is 2.75. The number of fused-ring (bicyclic) bond motifs is 1. The quantitative estimate of drug-likeness (QED) is 0.730. The van der Waals surface area contributed by atoms with E-state index in [4.69, 9.17) is 0 Å². The van der Waals surface area contributed by atoms with Crippen LogP contribution in [0.25, 0.3) is 11.0 Å². The van der Waals surface area contributed by atoms with Crippen molar-refractivity contribution in [2.75, 3.05) is 0 Å². The number of aliphatic hydroxyl groups excluding tert-OH is 1. The second-order valence-corrected chi connectivity index (χ2v) is 6.44. The third-order valence-corrected chi connectivity index (χ3v) is 4.57. The minimum absolute atomic E-state index is 0.477. The van der Waals surface area contributed by atoms with Gasteiger partial charge in [0, 0.05) is 9.37 Å². The number of nitrogens with one attached hydrogen (secondary N) is 1. The highest BCUT2D eigenvalue weighted by Gasteiger charge is 2.09. The summed E-state index contributed by atoms with van der Waals surface area (Å²) in [6.45, 7) is 1.76. The van der Waals surface area contributed by atoms with Crippen molar-refractivity contribution >= 4 is 38.7 Å². The first-order valence-corrected chi connectivity index (χ1v) is 7.84. The number of aromatic amines is 1. The fourth-order valence-electron chi connectivity index (χ4n) is 2.00. The fraction of sp³-hybridized carbons (Fsp3) is 0.133. The highest BCUT2D eigenvalue weighted by molar-refractivity contribution is 9.10. The van der Waals surface area contributed by atoms with Crippen LogP contribution in [0, 0.1) is 0 Å². The number of aliphatic hydroxyl groups is 1. The minimum Gasteiger partial charge on any atom is -0.389 e. The number of H-pyrrole nitrogens is 1. The van der Waals surface area contributed by atoms with Gasteiger partial charge in [0.25, 0.3) is 0 Å². The highest BCUT2D eigenvalue weighted by Crippen LogP contribution is 2.32. The van der Waals surface area contributed by atoms with Gasteiger partial charge in [0.15, 0.2) is 5.16 Å². The summed E-state index contributed by atoms with van der Waals surface area (Å²) >= 11 is 5.06. The molecule has 0 saturated heterocycles. The molecule has 20 heavy (non-hydrogen) atoms. The van der Waals surface area contributed by atoms with E-state index in [1.807, 2.05) is 42.5 Å². The maximum Gasteiger partial charge on any atom is 0.171 e. The molecule has 1 heterocycles. The Morgan fingerprint density at radius 2 is 2.05 bits per heavy atom. The molecule has 2 aromatic carbocycles. The summed E-state index contributed by atoms with van der Waals surface area (Å²) in [5, 5.41) is 10.5. The van der Waals surface area contributed by atoms with Crippen molar-refractivity contribution in [3.8, 4) is 0 Å². The molecule has 0 aliphatic rings.